The number of nitrogens with zero attached hydrogens (tertiary/aromatic N) is 3. The Labute approximate surface area is 377 Å². The van der Waals surface area contributed by atoms with Crippen molar-refractivity contribution in [1.29, 1.82) is 0 Å². The van der Waals surface area contributed by atoms with E-state index in [-0.39, 0.29) is 5.92 Å². The molecule has 0 N–H and O–H groups in total. The van der Waals surface area contributed by atoms with E-state index in [1.807, 2.05) is 0 Å². The van der Waals surface area contributed by atoms with Gasteiger partial charge in [0.15, 0.2) is 0 Å². The van der Waals surface area contributed by atoms with Crippen LogP contribution in [-0.2, 0) is 0 Å². The minimum atomic E-state index is 0.0758. The van der Waals surface area contributed by atoms with E-state index >= 15 is 0 Å². The summed E-state index contributed by atoms with van der Waals surface area (Å²) in [4.78, 5) is 6.92. The average molecular weight is 822 g/mol. The Morgan fingerprint density at radius 2 is 0.359 bits per heavy atom. The second-order valence-corrected chi connectivity index (χ2v) is 15.8. The van der Waals surface area contributed by atoms with E-state index in [1.54, 1.807) is 0 Å². The lowest BCUT2D eigenvalue weighted by Gasteiger charge is -2.28. The van der Waals surface area contributed by atoms with Gasteiger partial charge in [0.25, 0.3) is 0 Å². The lowest BCUT2D eigenvalue weighted by molar-refractivity contribution is 0.977. The molecule has 0 aliphatic rings. The third-order valence-corrected chi connectivity index (χ3v) is 11.8. The van der Waals surface area contributed by atoms with Crippen LogP contribution < -0.4 is 14.7 Å². The highest BCUT2D eigenvalue weighted by atomic mass is 15.2. The van der Waals surface area contributed by atoms with Crippen LogP contribution in [-0.4, -0.2) is 0 Å². The molecule has 0 aromatic heterocycles. The number of benzene rings is 10. The van der Waals surface area contributed by atoms with Crippen LogP contribution in [0.25, 0.3) is 11.1 Å². The van der Waals surface area contributed by atoms with Gasteiger partial charge in [-0.2, -0.15) is 0 Å². The molecule has 0 saturated heterocycles. The van der Waals surface area contributed by atoms with Crippen LogP contribution in [0.1, 0.15) is 22.6 Å². The number of anilines is 9. The molecule has 306 valence electrons. The lowest BCUT2D eigenvalue weighted by atomic mass is 9.84. The van der Waals surface area contributed by atoms with Crippen molar-refractivity contribution in [2.75, 3.05) is 14.7 Å². The summed E-state index contributed by atoms with van der Waals surface area (Å²) in [5.74, 6) is 0.0758. The molecule has 0 saturated carbocycles. The zero-order chi connectivity index (χ0) is 42.9. The number of hydrogen-bond donors (Lipinski definition) is 0. The normalized spacial score (nSPS) is 11.4. The molecule has 10 aromatic carbocycles. The van der Waals surface area contributed by atoms with Gasteiger partial charge in [-0.05, 0) is 137 Å². The lowest BCUT2D eigenvalue weighted by Crippen LogP contribution is -2.12. The zero-order valence-corrected chi connectivity index (χ0v) is 35.5. The predicted octanol–water partition coefficient (Wildman–Crippen LogP) is 16.9. The Hall–Kier alpha value is -8.40. The van der Waals surface area contributed by atoms with Crippen molar-refractivity contribution in [1.82, 2.24) is 0 Å². The van der Waals surface area contributed by atoms with Gasteiger partial charge in [0, 0.05) is 57.1 Å². The van der Waals surface area contributed by atoms with Crippen molar-refractivity contribution in [2.24, 2.45) is 0 Å². The maximum Gasteiger partial charge on any atom is 0.0463 e. The number of para-hydroxylation sites is 5. The standard InChI is InChI=1S/C61H47N3/c1-7-19-49(20-8-1)61(51-37-41-58(42-38-51)62(52-21-9-2-10-22-52)53-23-11-3-12-24-53)50-33-31-47(32-34-50)48-35-39-57(40-36-48)64(56-29-17-6-18-30-56)60-45-43-59(44-46-60)63(54-25-13-4-14-26-54)55-27-15-5-16-28-55/h1-46,61H. The van der Waals surface area contributed by atoms with Crippen LogP contribution in [0.3, 0.4) is 0 Å². The Balaban J connectivity index is 0.932. The van der Waals surface area contributed by atoms with Crippen LogP contribution in [0, 0.1) is 0 Å². The summed E-state index contributed by atoms with van der Waals surface area (Å²) >= 11 is 0. The molecule has 0 fully saturated rings. The van der Waals surface area contributed by atoms with Gasteiger partial charge in [-0.3, -0.25) is 0 Å². The Morgan fingerprint density at radius 1 is 0.172 bits per heavy atom. The van der Waals surface area contributed by atoms with Crippen LogP contribution in [0.4, 0.5) is 51.2 Å². The molecule has 64 heavy (non-hydrogen) atoms. The second-order valence-electron chi connectivity index (χ2n) is 15.8. The molecule has 0 radical (unpaired) electrons. The van der Waals surface area contributed by atoms with Gasteiger partial charge in [0.05, 0.1) is 0 Å². The summed E-state index contributed by atoms with van der Waals surface area (Å²) in [6.45, 7) is 0. The summed E-state index contributed by atoms with van der Waals surface area (Å²) in [5.41, 5.74) is 16.1. The SMILES string of the molecule is c1ccc(C(c2ccc(-c3ccc(N(c4ccccc4)c4ccc(N(c5ccccc5)c5ccccc5)cc4)cc3)cc2)c2ccc(N(c3ccccc3)c3ccccc3)cc2)cc1. The van der Waals surface area contributed by atoms with Crippen molar-refractivity contribution in [3.63, 3.8) is 0 Å². The molecule has 0 heterocycles. The summed E-state index contributed by atoms with van der Waals surface area (Å²) < 4.78 is 0. The molecule has 0 amide bonds. The van der Waals surface area contributed by atoms with Gasteiger partial charge >= 0.3 is 0 Å². The topological polar surface area (TPSA) is 9.72 Å². The molecule has 1 atom stereocenters. The summed E-state index contributed by atoms with van der Waals surface area (Å²) in [7, 11) is 0. The molecule has 10 aromatic rings. The van der Waals surface area contributed by atoms with Gasteiger partial charge in [-0.1, -0.05) is 170 Å². The highest BCUT2D eigenvalue weighted by Crippen LogP contribution is 2.41. The second kappa shape index (κ2) is 18.7. The summed E-state index contributed by atoms with van der Waals surface area (Å²) in [6.07, 6.45) is 0. The first-order valence-electron chi connectivity index (χ1n) is 21.9. The predicted molar refractivity (Wildman–Crippen MR) is 270 cm³/mol. The summed E-state index contributed by atoms with van der Waals surface area (Å²) in [5, 5.41) is 0. The smallest absolute Gasteiger partial charge is 0.0463 e. The van der Waals surface area contributed by atoms with E-state index in [0.29, 0.717) is 0 Å². The highest BCUT2D eigenvalue weighted by Gasteiger charge is 2.20. The van der Waals surface area contributed by atoms with Crippen molar-refractivity contribution in [3.05, 3.63) is 296 Å². The van der Waals surface area contributed by atoms with E-state index in [4.69, 9.17) is 0 Å². The maximum atomic E-state index is 2.32. The van der Waals surface area contributed by atoms with E-state index < -0.39 is 0 Å². The Morgan fingerprint density at radius 3 is 0.656 bits per heavy atom. The molecular formula is C61H47N3. The minimum absolute atomic E-state index is 0.0758. The molecule has 3 heteroatoms. The van der Waals surface area contributed by atoms with Crippen LogP contribution >= 0.6 is 0 Å². The van der Waals surface area contributed by atoms with E-state index in [9.17, 15) is 0 Å². The fraction of sp³-hybridized carbons (Fsp3) is 0.0164. The van der Waals surface area contributed by atoms with Crippen molar-refractivity contribution >= 4 is 51.2 Å². The van der Waals surface area contributed by atoms with E-state index in [0.717, 1.165) is 51.2 Å². The van der Waals surface area contributed by atoms with Gasteiger partial charge < -0.3 is 14.7 Å². The summed E-state index contributed by atoms with van der Waals surface area (Å²) in [6, 6.07) is 99.6. The van der Waals surface area contributed by atoms with Crippen molar-refractivity contribution < 1.29 is 0 Å². The van der Waals surface area contributed by atoms with Crippen LogP contribution in [0.15, 0.2) is 279 Å². The van der Waals surface area contributed by atoms with Crippen molar-refractivity contribution in [3.8, 4) is 11.1 Å². The average Bonchev–Trinajstić information content (AvgIpc) is 3.38. The third-order valence-electron chi connectivity index (χ3n) is 11.8. The molecule has 0 aliphatic heterocycles. The molecular weight excluding hydrogens is 775 g/mol. The zero-order valence-electron chi connectivity index (χ0n) is 35.5. The van der Waals surface area contributed by atoms with E-state index in [2.05, 4.69) is 294 Å². The Kier molecular flexibility index (Phi) is 11.6. The first kappa shape index (κ1) is 39.7. The number of hydrogen-bond acceptors (Lipinski definition) is 3. The number of rotatable bonds is 13. The highest BCUT2D eigenvalue weighted by molar-refractivity contribution is 5.82. The molecule has 1 unspecified atom stereocenters. The molecule has 3 nitrogen and oxygen atoms in total. The maximum absolute atomic E-state index is 2.32. The van der Waals surface area contributed by atoms with Crippen LogP contribution in [0.2, 0.25) is 0 Å². The monoisotopic (exact) mass is 821 g/mol. The first-order chi connectivity index (χ1) is 31.8. The first-order valence-corrected chi connectivity index (χ1v) is 21.9. The van der Waals surface area contributed by atoms with Gasteiger partial charge in [0.1, 0.15) is 0 Å². The molecule has 0 aliphatic carbocycles. The molecule has 0 bridgehead atoms. The van der Waals surface area contributed by atoms with Gasteiger partial charge in [-0.15, -0.1) is 0 Å². The fourth-order valence-electron chi connectivity index (χ4n) is 8.69. The molecule has 0 spiro atoms. The Bertz CT molecular complexity index is 2690. The van der Waals surface area contributed by atoms with Crippen LogP contribution in [0.5, 0.6) is 0 Å². The quantitative estimate of drug-likeness (QED) is 0.107. The van der Waals surface area contributed by atoms with Gasteiger partial charge in [0.2, 0.25) is 0 Å². The van der Waals surface area contributed by atoms with Crippen molar-refractivity contribution in [2.45, 2.75) is 5.92 Å². The minimum Gasteiger partial charge on any atom is -0.311 e. The van der Waals surface area contributed by atoms with E-state index in [1.165, 1.54) is 27.8 Å². The largest absolute Gasteiger partial charge is 0.311 e. The third kappa shape index (κ3) is 8.56. The van der Waals surface area contributed by atoms with Gasteiger partial charge in [-0.25, -0.2) is 0 Å². The molecule has 10 rings (SSSR count). The fourth-order valence-corrected chi connectivity index (χ4v) is 8.69.